The predicted molar refractivity (Wildman–Crippen MR) is 235 cm³/mol. The van der Waals surface area contributed by atoms with Crippen LogP contribution in [0.4, 0.5) is 5.13 Å². The average molecular weight is 890 g/mol. The summed E-state index contributed by atoms with van der Waals surface area (Å²) in [5.41, 5.74) is 1.15. The quantitative estimate of drug-likeness (QED) is 0.0213. The Morgan fingerprint density at radius 1 is 0.825 bits per heavy atom. The van der Waals surface area contributed by atoms with Crippen molar-refractivity contribution in [2.24, 2.45) is 5.16 Å². The molecule has 1 aliphatic heterocycles. The van der Waals surface area contributed by atoms with Crippen molar-refractivity contribution in [2.75, 3.05) is 19.0 Å². The number of ether oxygens (including phenoxy) is 2. The third-order valence-electron chi connectivity index (χ3n) is 10.3. The van der Waals surface area contributed by atoms with E-state index in [0.29, 0.717) is 21.3 Å². The van der Waals surface area contributed by atoms with Gasteiger partial charge < -0.3 is 24.9 Å². The van der Waals surface area contributed by atoms with Crippen molar-refractivity contribution < 1.29 is 45.9 Å². The second kappa shape index (κ2) is 19.1. The molecule has 0 saturated carbocycles. The summed E-state index contributed by atoms with van der Waals surface area (Å²) in [6.07, 6.45) is -2.33. The van der Waals surface area contributed by atoms with Crippen molar-refractivity contribution in [3.8, 4) is 0 Å². The zero-order chi connectivity index (χ0) is 44.6. The Morgan fingerprint density at radius 2 is 1.30 bits per heavy atom. The van der Waals surface area contributed by atoms with E-state index in [0.717, 1.165) is 28.0 Å². The van der Waals surface area contributed by atoms with Crippen LogP contribution in [0.5, 0.6) is 0 Å². The van der Waals surface area contributed by atoms with Crippen LogP contribution >= 0.6 is 11.3 Å². The first kappa shape index (κ1) is 44.3. The molecule has 2 atom stereocenters. The van der Waals surface area contributed by atoms with Gasteiger partial charge in [0.05, 0.1) is 12.1 Å². The van der Waals surface area contributed by atoms with Crippen LogP contribution < -0.4 is 10.6 Å². The van der Waals surface area contributed by atoms with Crippen LogP contribution in [-0.4, -0.2) is 77.9 Å². The maximum absolute atomic E-state index is 14.3. The van der Waals surface area contributed by atoms with Crippen molar-refractivity contribution in [3.05, 3.63) is 191 Å². The number of β-lactam (4-membered cyclic amide) rings is 1. The molecule has 0 unspecified atom stereocenters. The highest BCUT2D eigenvalue weighted by molar-refractivity contribution is 7.80. The number of anilines is 1. The molecule has 5 aromatic carbocycles. The Kier molecular flexibility index (Phi) is 13.4. The molecule has 63 heavy (non-hydrogen) atoms. The van der Waals surface area contributed by atoms with Gasteiger partial charge in [-0.05, 0) is 41.7 Å². The third-order valence-corrected chi connectivity index (χ3v) is 11.4. The first-order valence-electron chi connectivity index (χ1n) is 19.6. The number of carbonyl (C=O) groups is 3. The van der Waals surface area contributed by atoms with Gasteiger partial charge in [0.15, 0.2) is 16.9 Å². The fourth-order valence-electron chi connectivity index (χ4n) is 7.19. The number of aromatic nitrogens is 1. The molecule has 15 nitrogen and oxygen atoms in total. The highest BCUT2D eigenvalue weighted by Gasteiger charge is 2.58. The van der Waals surface area contributed by atoms with Gasteiger partial charge in [-0.1, -0.05) is 157 Å². The lowest BCUT2D eigenvalue weighted by Gasteiger charge is -2.50. The molecule has 0 aliphatic carbocycles. The molecule has 1 aliphatic rings. The van der Waals surface area contributed by atoms with Gasteiger partial charge in [-0.25, -0.2) is 9.78 Å². The lowest BCUT2D eigenvalue weighted by molar-refractivity contribution is -0.218. The van der Waals surface area contributed by atoms with E-state index in [9.17, 15) is 27.4 Å². The molecule has 1 fully saturated rings. The van der Waals surface area contributed by atoms with Gasteiger partial charge >= 0.3 is 16.4 Å². The normalized spacial score (nSPS) is 15.6. The first-order valence-corrected chi connectivity index (χ1v) is 21.8. The number of esters is 1. The number of oxime groups is 1. The highest BCUT2D eigenvalue weighted by atomic mass is 32.3. The fraction of sp³-hybridized carbons (Fsp3) is 0.196. The van der Waals surface area contributed by atoms with Crippen LogP contribution in [0.1, 0.15) is 53.5 Å². The van der Waals surface area contributed by atoms with Crippen LogP contribution in [-0.2, 0) is 48.9 Å². The summed E-state index contributed by atoms with van der Waals surface area (Å²) in [6, 6.07) is 46.2. The van der Waals surface area contributed by atoms with Gasteiger partial charge in [0.1, 0.15) is 17.3 Å². The lowest BCUT2D eigenvalue weighted by Crippen LogP contribution is -2.76. The Hall–Kier alpha value is -6.76. The molecule has 0 radical (unpaired) electrons. The van der Waals surface area contributed by atoms with E-state index in [1.807, 2.05) is 152 Å². The number of nitrogens with zero attached hydrogens (tertiary/aromatic N) is 3. The number of hydrogen-bond donors (Lipinski definition) is 3. The molecular formula is C46H43N5O10S2. The molecule has 2 amide bonds. The van der Waals surface area contributed by atoms with Crippen molar-refractivity contribution in [2.45, 2.75) is 43.2 Å². The van der Waals surface area contributed by atoms with E-state index in [-0.39, 0.29) is 12.3 Å². The summed E-state index contributed by atoms with van der Waals surface area (Å²) in [7, 11) is -3.72. The van der Waals surface area contributed by atoms with Crippen LogP contribution in [0.15, 0.2) is 162 Å². The Labute approximate surface area is 368 Å². The van der Waals surface area contributed by atoms with E-state index in [1.54, 1.807) is 5.38 Å². The predicted octanol–water partition coefficient (Wildman–Crippen LogP) is 6.46. The average Bonchev–Trinajstić information content (AvgIpc) is 3.76. The molecule has 6 aromatic rings. The fourth-order valence-corrected chi connectivity index (χ4v) is 8.40. The molecule has 3 N–H and O–H groups in total. The molecule has 0 spiro atoms. The summed E-state index contributed by atoms with van der Waals surface area (Å²) < 4.78 is 48.1. The number of rotatable bonds is 18. The number of carbonyl (C=O) groups excluding carboxylic acids is 3. The number of hydroxylamine groups is 2. The monoisotopic (exact) mass is 889 g/mol. The summed E-state index contributed by atoms with van der Waals surface area (Å²) in [5, 5.41) is 12.7. The number of hydrogen-bond acceptors (Lipinski definition) is 13. The van der Waals surface area contributed by atoms with Crippen molar-refractivity contribution in [1.29, 1.82) is 0 Å². The van der Waals surface area contributed by atoms with Crippen molar-refractivity contribution in [3.63, 3.8) is 0 Å². The second-order valence-electron chi connectivity index (χ2n) is 14.8. The Balaban J connectivity index is 1.25. The molecule has 1 saturated heterocycles. The van der Waals surface area contributed by atoms with E-state index >= 15 is 0 Å². The number of methoxy groups -OCH3 is 1. The van der Waals surface area contributed by atoms with Gasteiger partial charge in [0.2, 0.25) is 6.10 Å². The highest BCUT2D eigenvalue weighted by Crippen LogP contribution is 2.41. The minimum absolute atomic E-state index is 0.00492. The third kappa shape index (κ3) is 9.83. The SMILES string of the molecule is COC[C@H](O/N=C(\C(=O)N[C@@H]1C(=O)N(OS(=O)(=O)O)C1(C)C)c1csc(NC(c2ccccc2)(c2ccccc2)c2ccccc2)n1)C(=O)OC(c1ccccc1)c1ccccc1. The topological polar surface area (TPSA) is 195 Å². The molecular weight excluding hydrogens is 847 g/mol. The van der Waals surface area contributed by atoms with E-state index in [2.05, 4.69) is 20.1 Å². The molecule has 2 heterocycles. The minimum atomic E-state index is -5.07. The summed E-state index contributed by atoms with van der Waals surface area (Å²) in [4.78, 5) is 52.0. The molecule has 0 bridgehead atoms. The standard InChI is InChI=1S/C46H43N5O10S2/c1-45(2)40(42(53)51(45)61-63(55,56)57)48-41(52)38(50-60-37(29-58-3)43(54)59-39(31-19-9-4-10-20-31)32-21-11-5-12-22-32)36-30-62-44(47-36)49-46(33-23-13-6-14-24-33,34-25-15-7-16-26-34)35-27-17-8-18-28-35/h4-28,30,37,39-40H,29H2,1-3H3,(H,47,49)(H,48,52)(H,55,56,57)/b50-38-/t37-,40+/m0/s1. The largest absolute Gasteiger partial charge is 0.450 e. The first-order chi connectivity index (χ1) is 30.3. The van der Waals surface area contributed by atoms with Crippen molar-refractivity contribution >= 4 is 50.4 Å². The molecule has 1 aromatic heterocycles. The summed E-state index contributed by atoms with van der Waals surface area (Å²) >= 11 is 1.16. The Bertz CT molecular complexity index is 2520. The molecule has 7 rings (SSSR count). The van der Waals surface area contributed by atoms with Gasteiger partial charge in [-0.15, -0.1) is 15.6 Å². The second-order valence-corrected chi connectivity index (χ2v) is 16.7. The summed E-state index contributed by atoms with van der Waals surface area (Å²) in [5.74, 6) is -2.80. The minimum Gasteiger partial charge on any atom is -0.450 e. The Morgan fingerprint density at radius 3 is 1.75 bits per heavy atom. The van der Waals surface area contributed by atoms with Gasteiger partial charge in [-0.3, -0.25) is 14.1 Å². The molecule has 324 valence electrons. The van der Waals surface area contributed by atoms with Gasteiger partial charge in [0.25, 0.3) is 11.8 Å². The van der Waals surface area contributed by atoms with Crippen LogP contribution in [0.2, 0.25) is 0 Å². The maximum atomic E-state index is 14.3. The molecule has 17 heteroatoms. The van der Waals surface area contributed by atoms with Gasteiger partial charge in [0, 0.05) is 12.5 Å². The van der Waals surface area contributed by atoms with E-state index < -0.39 is 63.2 Å². The smallest absolute Gasteiger partial charge is 0.418 e. The van der Waals surface area contributed by atoms with Crippen LogP contribution in [0.3, 0.4) is 0 Å². The van der Waals surface area contributed by atoms with Gasteiger partial charge in [-0.2, -0.15) is 13.5 Å². The zero-order valence-corrected chi connectivity index (χ0v) is 35.9. The number of benzene rings is 5. The number of thiazole rings is 1. The van der Waals surface area contributed by atoms with Crippen LogP contribution in [0, 0.1) is 0 Å². The van der Waals surface area contributed by atoms with Crippen LogP contribution in [0.25, 0.3) is 0 Å². The zero-order valence-electron chi connectivity index (χ0n) is 34.2. The van der Waals surface area contributed by atoms with E-state index in [1.165, 1.54) is 21.0 Å². The van der Waals surface area contributed by atoms with Crippen molar-refractivity contribution in [1.82, 2.24) is 15.4 Å². The lowest BCUT2D eigenvalue weighted by atomic mass is 9.77. The maximum Gasteiger partial charge on any atom is 0.418 e. The number of amides is 2. The van der Waals surface area contributed by atoms with E-state index in [4.69, 9.17) is 19.3 Å². The summed E-state index contributed by atoms with van der Waals surface area (Å²) in [6.45, 7) is 2.50. The number of nitrogens with one attached hydrogen (secondary N) is 2.